The first-order valence-electron chi connectivity index (χ1n) is 17.2. The molecule has 248 valence electrons. The number of methoxy groups -OCH3 is 1. The van der Waals surface area contributed by atoms with Gasteiger partial charge in [0.2, 0.25) is 11.8 Å². The number of nitrogens with one attached hydrogen (secondary N) is 2. The third-order valence-corrected chi connectivity index (χ3v) is 15.0. The summed E-state index contributed by atoms with van der Waals surface area (Å²) in [7, 11) is 1.28. The fourth-order valence-electron chi connectivity index (χ4n) is 12.4. The summed E-state index contributed by atoms with van der Waals surface area (Å²) in [4.78, 5) is 38.6. The third-order valence-electron chi connectivity index (χ3n) is 15.0. The normalized spacial score (nSPS) is 46.8. The number of amides is 2. The average Bonchev–Trinajstić information content (AvgIpc) is 3.39. The Bertz CT molecular complexity index is 1190. The number of hydrogen-bond donors (Lipinski definition) is 4. The second-order valence-corrected chi connectivity index (χ2v) is 16.6. The summed E-state index contributed by atoms with van der Waals surface area (Å²) in [6.45, 7) is 17.6. The first kappa shape index (κ1) is 33.4. The highest BCUT2D eigenvalue weighted by molar-refractivity contribution is 5.90. The standard InChI is InChI=1S/C36H58N2O6/c1-21(2)23-11-16-36(31(43)37-19-28(41)38-22(3)30(42)44-8)18-17-34(6)24(29(23)36)9-10-26-32(4)14-13-27(40)33(5,20-39)25(32)12-15-35(26,34)7/h22-27,29,39-40H,1,9-20H2,2-8H3,(H,37,43)(H,38,41)/t22-,23-,24+,25+,26+,27-,29+,32-,33-,34+,35+,36-/m0/s1. The van der Waals surface area contributed by atoms with Gasteiger partial charge in [-0.15, -0.1) is 0 Å². The van der Waals surface area contributed by atoms with Crippen LogP contribution in [0, 0.1) is 56.7 Å². The van der Waals surface area contributed by atoms with E-state index in [1.165, 1.54) is 7.11 Å². The fourth-order valence-corrected chi connectivity index (χ4v) is 12.4. The Morgan fingerprint density at radius 1 is 0.932 bits per heavy atom. The smallest absolute Gasteiger partial charge is 0.328 e. The second kappa shape index (κ2) is 11.4. The van der Waals surface area contributed by atoms with Crippen LogP contribution in [0.1, 0.15) is 106 Å². The number of aliphatic hydroxyl groups is 2. The van der Waals surface area contributed by atoms with Gasteiger partial charge in [-0.2, -0.15) is 0 Å². The molecule has 0 radical (unpaired) electrons. The van der Waals surface area contributed by atoms with Gasteiger partial charge in [0, 0.05) is 5.41 Å². The van der Waals surface area contributed by atoms with Gasteiger partial charge in [0.15, 0.2) is 0 Å². The van der Waals surface area contributed by atoms with Gasteiger partial charge < -0.3 is 25.6 Å². The van der Waals surface area contributed by atoms with E-state index in [9.17, 15) is 24.6 Å². The SMILES string of the molecule is C=C(C)[C@@H]1CC[C@]2(C(=O)NCC(=O)N[C@@H](C)C(=O)OC)CC[C@]3(C)[C@H](CC[C@@H]4[C@@]5(C)CC[C@H](O)[C@@](C)(CO)[C@@H]5CC[C@]43C)[C@@H]12. The van der Waals surface area contributed by atoms with Crippen molar-refractivity contribution in [2.75, 3.05) is 20.3 Å². The first-order chi connectivity index (χ1) is 20.6. The van der Waals surface area contributed by atoms with Gasteiger partial charge in [0.1, 0.15) is 6.04 Å². The number of ether oxygens (including phenoxy) is 1. The van der Waals surface area contributed by atoms with Crippen molar-refractivity contribution in [2.24, 2.45) is 56.7 Å². The summed E-state index contributed by atoms with van der Waals surface area (Å²) in [5.74, 6) is 0.662. The Balaban J connectivity index is 1.42. The molecule has 44 heavy (non-hydrogen) atoms. The van der Waals surface area contributed by atoms with Crippen LogP contribution in [-0.2, 0) is 19.1 Å². The van der Waals surface area contributed by atoms with Crippen molar-refractivity contribution in [3.05, 3.63) is 12.2 Å². The van der Waals surface area contributed by atoms with E-state index < -0.39 is 34.9 Å². The van der Waals surface area contributed by atoms with E-state index in [0.29, 0.717) is 11.8 Å². The molecule has 8 nitrogen and oxygen atoms in total. The lowest BCUT2D eigenvalue weighted by atomic mass is 9.32. The van der Waals surface area contributed by atoms with Gasteiger partial charge in [-0.05, 0) is 124 Å². The molecule has 0 heterocycles. The molecule has 0 aromatic rings. The highest BCUT2D eigenvalue weighted by Crippen LogP contribution is 2.77. The van der Waals surface area contributed by atoms with Crippen LogP contribution >= 0.6 is 0 Å². The van der Waals surface area contributed by atoms with Gasteiger partial charge >= 0.3 is 5.97 Å². The van der Waals surface area contributed by atoms with E-state index in [-0.39, 0.29) is 53.1 Å². The molecule has 0 spiro atoms. The maximum absolute atomic E-state index is 14.2. The summed E-state index contributed by atoms with van der Waals surface area (Å²) in [6.07, 6.45) is 9.07. The minimum absolute atomic E-state index is 0.0252. The third kappa shape index (κ3) is 4.62. The van der Waals surface area contributed by atoms with E-state index in [2.05, 4.69) is 51.8 Å². The summed E-state index contributed by atoms with van der Waals surface area (Å²) < 4.78 is 4.71. The summed E-state index contributed by atoms with van der Waals surface area (Å²) in [5, 5.41) is 27.2. The van der Waals surface area contributed by atoms with Crippen molar-refractivity contribution in [1.29, 1.82) is 0 Å². The molecule has 12 atom stereocenters. The number of carbonyl (C=O) groups excluding carboxylic acids is 3. The highest BCUT2D eigenvalue weighted by Gasteiger charge is 2.72. The predicted molar refractivity (Wildman–Crippen MR) is 169 cm³/mol. The van der Waals surface area contributed by atoms with Gasteiger partial charge in [0.05, 0.1) is 31.8 Å². The molecule has 4 N–H and O–H groups in total. The van der Waals surface area contributed by atoms with Crippen molar-refractivity contribution in [3.63, 3.8) is 0 Å². The molecule has 0 unspecified atom stereocenters. The lowest BCUT2D eigenvalue weighted by Crippen LogP contribution is -2.68. The first-order valence-corrected chi connectivity index (χ1v) is 17.2. The quantitative estimate of drug-likeness (QED) is 0.242. The topological polar surface area (TPSA) is 125 Å². The van der Waals surface area contributed by atoms with Crippen LogP contribution in [0.2, 0.25) is 0 Å². The number of rotatable bonds is 7. The van der Waals surface area contributed by atoms with Crippen LogP contribution in [0.25, 0.3) is 0 Å². The largest absolute Gasteiger partial charge is 0.467 e. The number of carbonyl (C=O) groups is 3. The number of hydrogen-bond acceptors (Lipinski definition) is 6. The Labute approximate surface area is 264 Å². The van der Waals surface area contributed by atoms with Gasteiger partial charge in [-0.25, -0.2) is 4.79 Å². The van der Waals surface area contributed by atoms with Gasteiger partial charge in [-0.1, -0.05) is 39.8 Å². The minimum atomic E-state index is -0.777. The van der Waals surface area contributed by atoms with Crippen molar-refractivity contribution >= 4 is 17.8 Å². The van der Waals surface area contributed by atoms with Gasteiger partial charge in [0.25, 0.3) is 0 Å². The molecule has 0 aliphatic heterocycles. The zero-order valence-electron chi connectivity index (χ0n) is 28.3. The Hall–Kier alpha value is -1.93. The highest BCUT2D eigenvalue weighted by atomic mass is 16.5. The zero-order chi connectivity index (χ0) is 32.5. The van der Waals surface area contributed by atoms with Crippen LogP contribution < -0.4 is 10.6 Å². The van der Waals surface area contributed by atoms with Crippen LogP contribution in [0.15, 0.2) is 12.2 Å². The summed E-state index contributed by atoms with van der Waals surface area (Å²) in [5.41, 5.74) is 0.354. The van der Waals surface area contributed by atoms with E-state index in [1.807, 2.05) is 0 Å². The molecule has 2 amide bonds. The molecule has 5 rings (SSSR count). The average molecular weight is 615 g/mol. The summed E-state index contributed by atoms with van der Waals surface area (Å²) >= 11 is 0. The Morgan fingerprint density at radius 2 is 1.64 bits per heavy atom. The lowest BCUT2D eigenvalue weighted by Gasteiger charge is -2.73. The summed E-state index contributed by atoms with van der Waals surface area (Å²) in [6, 6.07) is -0.777. The Morgan fingerprint density at radius 3 is 2.27 bits per heavy atom. The molecule has 0 aromatic carbocycles. The maximum Gasteiger partial charge on any atom is 0.328 e. The predicted octanol–water partition coefficient (Wildman–Crippen LogP) is 4.77. The molecule has 5 saturated carbocycles. The van der Waals surface area contributed by atoms with Crippen molar-refractivity contribution in [3.8, 4) is 0 Å². The Kier molecular flexibility index (Phi) is 8.66. The van der Waals surface area contributed by atoms with E-state index in [0.717, 1.165) is 69.8 Å². The number of fused-ring (bicyclic) bond motifs is 7. The maximum atomic E-state index is 14.2. The monoisotopic (exact) mass is 614 g/mol. The van der Waals surface area contributed by atoms with E-state index in [1.54, 1.807) is 6.92 Å². The van der Waals surface area contributed by atoms with Gasteiger partial charge in [-0.3, -0.25) is 9.59 Å². The van der Waals surface area contributed by atoms with Crippen LogP contribution in [0.5, 0.6) is 0 Å². The van der Waals surface area contributed by atoms with Crippen LogP contribution in [0.4, 0.5) is 0 Å². The van der Waals surface area contributed by atoms with Crippen molar-refractivity contribution < 1.29 is 29.3 Å². The second-order valence-electron chi connectivity index (χ2n) is 16.6. The minimum Gasteiger partial charge on any atom is -0.467 e. The van der Waals surface area contributed by atoms with Crippen molar-refractivity contribution in [2.45, 2.75) is 118 Å². The molecular formula is C36H58N2O6. The molecule has 8 heteroatoms. The zero-order valence-corrected chi connectivity index (χ0v) is 28.3. The molecule has 0 bridgehead atoms. The molecule has 5 fully saturated rings. The van der Waals surface area contributed by atoms with E-state index >= 15 is 0 Å². The number of aliphatic hydroxyl groups excluding tert-OH is 2. The van der Waals surface area contributed by atoms with Crippen molar-refractivity contribution in [1.82, 2.24) is 10.6 Å². The fraction of sp³-hybridized carbons (Fsp3) is 0.861. The number of esters is 1. The van der Waals surface area contributed by atoms with E-state index in [4.69, 9.17) is 4.74 Å². The molecule has 0 aromatic heterocycles. The molecule has 0 saturated heterocycles. The lowest BCUT2D eigenvalue weighted by molar-refractivity contribution is -0.252. The molecule has 5 aliphatic rings. The van der Waals surface area contributed by atoms with Crippen LogP contribution in [-0.4, -0.2) is 60.4 Å². The molecule has 5 aliphatic carbocycles. The van der Waals surface area contributed by atoms with Crippen LogP contribution in [0.3, 0.4) is 0 Å². The number of allylic oxidation sites excluding steroid dienone is 1. The molecular weight excluding hydrogens is 556 g/mol.